The van der Waals surface area contributed by atoms with Crippen molar-refractivity contribution in [3.05, 3.63) is 34.4 Å². The summed E-state index contributed by atoms with van der Waals surface area (Å²) in [6, 6.07) is 5.04. The number of aliphatic hydroxyl groups excluding tert-OH is 1. The maximum atomic E-state index is 11.6. The fourth-order valence-corrected chi connectivity index (χ4v) is 1.48. The minimum atomic E-state index is -0.508. The van der Waals surface area contributed by atoms with Crippen LogP contribution in [0.5, 0.6) is 0 Å². The molecule has 0 atom stereocenters. The second-order valence-electron chi connectivity index (χ2n) is 3.31. The van der Waals surface area contributed by atoms with Crippen molar-refractivity contribution in [2.45, 2.75) is 20.5 Å². The molecule has 1 N–H and O–H groups in total. The van der Waals surface area contributed by atoms with E-state index in [1.807, 2.05) is 6.07 Å². The molecule has 0 aromatic heterocycles. The van der Waals surface area contributed by atoms with Crippen molar-refractivity contribution in [3.8, 4) is 6.07 Å². The molecule has 1 aromatic rings. The maximum Gasteiger partial charge on any atom is 0.338 e. The predicted octanol–water partition coefficient (Wildman–Crippen LogP) is 1.54. The first-order valence-electron chi connectivity index (χ1n) is 4.95. The molecule has 0 saturated heterocycles. The standard InChI is InChI=1S/C12H13NO3/c1-3-16-12(15)10-5-9(6-13)4-8(2)11(10)7-14/h4-5,14H,3,7H2,1-2H3. The number of aryl methyl sites for hydroxylation is 1. The first-order chi connectivity index (χ1) is 7.63. The zero-order valence-corrected chi connectivity index (χ0v) is 9.28. The van der Waals surface area contributed by atoms with Gasteiger partial charge in [0.15, 0.2) is 0 Å². The molecule has 0 spiro atoms. The van der Waals surface area contributed by atoms with Gasteiger partial charge in [0.1, 0.15) is 0 Å². The molecule has 4 nitrogen and oxygen atoms in total. The van der Waals surface area contributed by atoms with Crippen LogP contribution in [0.4, 0.5) is 0 Å². The van der Waals surface area contributed by atoms with E-state index in [4.69, 9.17) is 10.00 Å². The molecule has 16 heavy (non-hydrogen) atoms. The van der Waals surface area contributed by atoms with Crippen molar-refractivity contribution in [2.75, 3.05) is 6.61 Å². The molecule has 0 unspecified atom stereocenters. The van der Waals surface area contributed by atoms with Crippen LogP contribution in [-0.2, 0) is 11.3 Å². The summed E-state index contributed by atoms with van der Waals surface area (Å²) in [6.07, 6.45) is 0. The summed E-state index contributed by atoms with van der Waals surface area (Å²) in [6.45, 7) is 3.47. The number of nitriles is 1. The van der Waals surface area contributed by atoms with Crippen LogP contribution >= 0.6 is 0 Å². The van der Waals surface area contributed by atoms with E-state index in [2.05, 4.69) is 0 Å². The van der Waals surface area contributed by atoms with Gasteiger partial charge in [0.25, 0.3) is 0 Å². The third-order valence-electron chi connectivity index (χ3n) is 2.26. The van der Waals surface area contributed by atoms with Crippen molar-refractivity contribution in [2.24, 2.45) is 0 Å². The van der Waals surface area contributed by atoms with Crippen LogP contribution in [0, 0.1) is 18.3 Å². The number of ether oxygens (including phenoxy) is 1. The molecule has 0 bridgehead atoms. The lowest BCUT2D eigenvalue weighted by molar-refractivity contribution is 0.0522. The van der Waals surface area contributed by atoms with Gasteiger partial charge in [-0.05, 0) is 37.1 Å². The third kappa shape index (κ3) is 2.38. The Morgan fingerprint density at radius 2 is 2.25 bits per heavy atom. The Morgan fingerprint density at radius 3 is 2.75 bits per heavy atom. The normalized spacial score (nSPS) is 9.62. The molecule has 4 heteroatoms. The Morgan fingerprint density at radius 1 is 1.56 bits per heavy atom. The van der Waals surface area contributed by atoms with Gasteiger partial charge in [0, 0.05) is 0 Å². The number of esters is 1. The third-order valence-corrected chi connectivity index (χ3v) is 2.26. The zero-order chi connectivity index (χ0) is 12.1. The summed E-state index contributed by atoms with van der Waals surface area (Å²) in [5.41, 5.74) is 1.88. The van der Waals surface area contributed by atoms with Crippen LogP contribution in [0.25, 0.3) is 0 Å². The van der Waals surface area contributed by atoms with E-state index >= 15 is 0 Å². The fraction of sp³-hybridized carbons (Fsp3) is 0.333. The van der Waals surface area contributed by atoms with Gasteiger partial charge in [0.2, 0.25) is 0 Å². The van der Waals surface area contributed by atoms with Gasteiger partial charge < -0.3 is 9.84 Å². The molecule has 0 saturated carbocycles. The summed E-state index contributed by atoms with van der Waals surface area (Å²) in [5, 5.41) is 18.0. The van der Waals surface area contributed by atoms with Gasteiger partial charge in [-0.25, -0.2) is 4.79 Å². The van der Waals surface area contributed by atoms with Crippen LogP contribution in [0.3, 0.4) is 0 Å². The molecule has 0 aliphatic rings. The lowest BCUT2D eigenvalue weighted by Crippen LogP contribution is -2.10. The van der Waals surface area contributed by atoms with E-state index < -0.39 is 5.97 Å². The average molecular weight is 219 g/mol. The number of hydrogen-bond acceptors (Lipinski definition) is 4. The van der Waals surface area contributed by atoms with Gasteiger partial charge in [0.05, 0.1) is 30.4 Å². The summed E-state index contributed by atoms with van der Waals surface area (Å²) >= 11 is 0. The Hall–Kier alpha value is -1.86. The molecular weight excluding hydrogens is 206 g/mol. The first kappa shape index (κ1) is 12.2. The Balaban J connectivity index is 3.29. The summed E-state index contributed by atoms with van der Waals surface area (Å²) in [5.74, 6) is -0.508. The fourth-order valence-electron chi connectivity index (χ4n) is 1.48. The van der Waals surface area contributed by atoms with Crippen LogP contribution < -0.4 is 0 Å². The lowest BCUT2D eigenvalue weighted by atomic mass is 9.99. The molecule has 0 aliphatic carbocycles. The van der Waals surface area contributed by atoms with Crippen molar-refractivity contribution in [1.29, 1.82) is 5.26 Å². The molecular formula is C12H13NO3. The van der Waals surface area contributed by atoms with Gasteiger partial charge in [-0.3, -0.25) is 0 Å². The average Bonchev–Trinajstić information content (AvgIpc) is 2.28. The van der Waals surface area contributed by atoms with E-state index in [0.717, 1.165) is 0 Å². The highest BCUT2D eigenvalue weighted by molar-refractivity contribution is 5.92. The number of nitrogens with zero attached hydrogens (tertiary/aromatic N) is 1. The van der Waals surface area contributed by atoms with E-state index in [1.54, 1.807) is 19.9 Å². The highest BCUT2D eigenvalue weighted by atomic mass is 16.5. The molecule has 0 amide bonds. The lowest BCUT2D eigenvalue weighted by Gasteiger charge is -2.10. The van der Waals surface area contributed by atoms with Crippen LogP contribution in [-0.4, -0.2) is 17.7 Å². The number of carbonyl (C=O) groups is 1. The smallest absolute Gasteiger partial charge is 0.338 e. The summed E-state index contributed by atoms with van der Waals surface area (Å²) in [4.78, 5) is 11.6. The van der Waals surface area contributed by atoms with E-state index in [-0.39, 0.29) is 18.8 Å². The number of rotatable bonds is 3. The number of benzene rings is 1. The van der Waals surface area contributed by atoms with E-state index in [9.17, 15) is 9.90 Å². The Kier molecular flexibility index (Phi) is 4.03. The van der Waals surface area contributed by atoms with Gasteiger partial charge in [-0.1, -0.05) is 0 Å². The van der Waals surface area contributed by atoms with Crippen molar-refractivity contribution in [1.82, 2.24) is 0 Å². The van der Waals surface area contributed by atoms with Crippen LogP contribution in [0.1, 0.15) is 34.0 Å². The highest BCUT2D eigenvalue weighted by Gasteiger charge is 2.15. The molecule has 0 heterocycles. The molecule has 0 aliphatic heterocycles. The second-order valence-corrected chi connectivity index (χ2v) is 3.31. The van der Waals surface area contributed by atoms with Gasteiger partial charge >= 0.3 is 5.97 Å². The summed E-state index contributed by atoms with van der Waals surface area (Å²) in [7, 11) is 0. The van der Waals surface area contributed by atoms with Crippen molar-refractivity contribution >= 4 is 5.97 Å². The van der Waals surface area contributed by atoms with Gasteiger partial charge in [-0.15, -0.1) is 0 Å². The zero-order valence-electron chi connectivity index (χ0n) is 9.28. The Bertz CT molecular complexity index is 446. The van der Waals surface area contributed by atoms with Crippen molar-refractivity contribution in [3.63, 3.8) is 0 Å². The largest absolute Gasteiger partial charge is 0.462 e. The maximum absolute atomic E-state index is 11.6. The van der Waals surface area contributed by atoms with Crippen molar-refractivity contribution < 1.29 is 14.6 Å². The topological polar surface area (TPSA) is 70.3 Å². The molecule has 0 fully saturated rings. The van der Waals surface area contributed by atoms with E-state index in [0.29, 0.717) is 16.7 Å². The number of carbonyl (C=O) groups excluding carboxylic acids is 1. The molecule has 84 valence electrons. The minimum absolute atomic E-state index is 0.244. The molecule has 1 aromatic carbocycles. The highest BCUT2D eigenvalue weighted by Crippen LogP contribution is 2.18. The quantitative estimate of drug-likeness (QED) is 0.783. The SMILES string of the molecule is CCOC(=O)c1cc(C#N)cc(C)c1CO. The summed E-state index contributed by atoms with van der Waals surface area (Å²) < 4.78 is 4.87. The monoisotopic (exact) mass is 219 g/mol. The number of hydrogen-bond donors (Lipinski definition) is 1. The molecule has 0 radical (unpaired) electrons. The van der Waals surface area contributed by atoms with Gasteiger partial charge in [-0.2, -0.15) is 5.26 Å². The second kappa shape index (κ2) is 5.29. The first-order valence-corrected chi connectivity index (χ1v) is 4.95. The Labute approximate surface area is 94.1 Å². The van der Waals surface area contributed by atoms with E-state index in [1.165, 1.54) is 6.07 Å². The molecule has 1 rings (SSSR count). The van der Waals surface area contributed by atoms with Crippen LogP contribution in [0.15, 0.2) is 12.1 Å². The number of aliphatic hydroxyl groups is 1. The predicted molar refractivity (Wildman–Crippen MR) is 57.8 cm³/mol. The van der Waals surface area contributed by atoms with Crippen LogP contribution in [0.2, 0.25) is 0 Å². The minimum Gasteiger partial charge on any atom is -0.462 e.